The first-order valence-corrected chi connectivity index (χ1v) is 7.63. The van der Waals surface area contributed by atoms with Crippen molar-refractivity contribution in [2.75, 3.05) is 0 Å². The first-order chi connectivity index (χ1) is 9.51. The Kier molecular flexibility index (Phi) is 5.43. The van der Waals surface area contributed by atoms with Gasteiger partial charge in [-0.3, -0.25) is 0 Å². The lowest BCUT2D eigenvalue weighted by Crippen LogP contribution is -1.99. The van der Waals surface area contributed by atoms with E-state index in [-0.39, 0.29) is 19.0 Å². The molecule has 0 aliphatic carbocycles. The summed E-state index contributed by atoms with van der Waals surface area (Å²) in [6.07, 6.45) is 0. The Balaban J connectivity index is 2.19. The van der Waals surface area contributed by atoms with Crippen molar-refractivity contribution in [1.29, 1.82) is 0 Å². The average Bonchev–Trinajstić information content (AvgIpc) is 2.39. The van der Waals surface area contributed by atoms with Gasteiger partial charge < -0.3 is 9.84 Å². The smallest absolute Gasteiger partial charge is 0.148 e. The van der Waals surface area contributed by atoms with Crippen LogP contribution in [0.3, 0.4) is 0 Å². The Hall–Kier alpha value is -0.620. The molecule has 0 unspecified atom stereocenters. The molecule has 1 N–H and O–H groups in total. The Morgan fingerprint density at radius 1 is 1.15 bits per heavy atom. The molecule has 2 rings (SSSR count). The molecule has 106 valence electrons. The number of hydrogen-bond acceptors (Lipinski definition) is 2. The van der Waals surface area contributed by atoms with Crippen LogP contribution in [0.15, 0.2) is 39.3 Å². The second-order valence-electron chi connectivity index (χ2n) is 4.07. The maximum atomic E-state index is 13.0. The molecule has 0 spiro atoms. The van der Waals surface area contributed by atoms with E-state index in [0.717, 1.165) is 5.56 Å². The maximum absolute atomic E-state index is 13.0. The van der Waals surface area contributed by atoms with Crippen LogP contribution >= 0.6 is 43.5 Å². The molecule has 2 nitrogen and oxygen atoms in total. The zero-order chi connectivity index (χ0) is 14.7. The fourth-order valence-corrected chi connectivity index (χ4v) is 3.36. The number of aliphatic hydroxyl groups is 1. The first-order valence-electron chi connectivity index (χ1n) is 5.66. The van der Waals surface area contributed by atoms with E-state index < -0.39 is 0 Å². The largest absolute Gasteiger partial charge is 0.486 e. The van der Waals surface area contributed by atoms with Crippen molar-refractivity contribution in [1.82, 2.24) is 0 Å². The molecule has 2 aromatic rings. The van der Waals surface area contributed by atoms with Gasteiger partial charge >= 0.3 is 0 Å². The van der Waals surface area contributed by atoms with Crippen LogP contribution in [-0.4, -0.2) is 5.11 Å². The molecule has 0 bridgehead atoms. The van der Waals surface area contributed by atoms with Gasteiger partial charge in [-0.15, -0.1) is 0 Å². The minimum Gasteiger partial charge on any atom is -0.486 e. The minimum absolute atomic E-state index is 0.0543. The topological polar surface area (TPSA) is 29.5 Å². The SMILES string of the molecule is OCc1cc(Br)c(OCc2ccc(F)cc2Cl)c(Br)c1. The molecular weight excluding hydrogens is 414 g/mol. The predicted octanol–water partition coefficient (Wildman–Crippen LogP) is 5.08. The highest BCUT2D eigenvalue weighted by atomic mass is 79.9. The van der Waals surface area contributed by atoms with Crippen LogP contribution in [0, 0.1) is 5.82 Å². The van der Waals surface area contributed by atoms with E-state index >= 15 is 0 Å². The highest BCUT2D eigenvalue weighted by molar-refractivity contribution is 9.11. The van der Waals surface area contributed by atoms with Gasteiger partial charge in [-0.25, -0.2) is 4.39 Å². The third-order valence-electron chi connectivity index (χ3n) is 2.63. The van der Waals surface area contributed by atoms with E-state index in [0.29, 0.717) is 25.3 Å². The molecule has 0 saturated carbocycles. The minimum atomic E-state index is -0.381. The summed E-state index contributed by atoms with van der Waals surface area (Å²) < 4.78 is 20.1. The summed E-state index contributed by atoms with van der Waals surface area (Å²) in [6, 6.07) is 7.71. The Bertz CT molecular complexity index is 612. The van der Waals surface area contributed by atoms with Crippen LogP contribution < -0.4 is 4.74 Å². The van der Waals surface area contributed by atoms with Crippen LogP contribution in [-0.2, 0) is 13.2 Å². The molecule has 0 aliphatic heterocycles. The van der Waals surface area contributed by atoms with Crippen LogP contribution in [0.5, 0.6) is 5.75 Å². The van der Waals surface area contributed by atoms with E-state index in [2.05, 4.69) is 31.9 Å². The molecule has 0 atom stereocenters. The van der Waals surface area contributed by atoms with Crippen molar-refractivity contribution in [2.24, 2.45) is 0 Å². The Morgan fingerprint density at radius 3 is 2.35 bits per heavy atom. The standard InChI is InChI=1S/C14H10Br2ClFO2/c15-11-3-8(6-19)4-12(16)14(11)20-7-9-1-2-10(18)5-13(9)17/h1-5,19H,6-7H2. The van der Waals surface area contributed by atoms with E-state index in [1.165, 1.54) is 12.1 Å². The maximum Gasteiger partial charge on any atom is 0.148 e. The highest BCUT2D eigenvalue weighted by Crippen LogP contribution is 2.35. The predicted molar refractivity (Wildman–Crippen MR) is 83.5 cm³/mol. The lowest BCUT2D eigenvalue weighted by atomic mass is 10.2. The third kappa shape index (κ3) is 3.73. The molecule has 0 amide bonds. The summed E-state index contributed by atoms with van der Waals surface area (Å²) in [4.78, 5) is 0. The van der Waals surface area contributed by atoms with E-state index in [4.69, 9.17) is 21.4 Å². The fourth-order valence-electron chi connectivity index (χ4n) is 1.63. The van der Waals surface area contributed by atoms with Crippen LogP contribution in [0.2, 0.25) is 5.02 Å². The van der Waals surface area contributed by atoms with Crippen LogP contribution in [0.1, 0.15) is 11.1 Å². The summed E-state index contributed by atoms with van der Waals surface area (Å²) in [5.74, 6) is 0.219. The number of rotatable bonds is 4. The van der Waals surface area contributed by atoms with E-state index in [1.54, 1.807) is 18.2 Å². The van der Waals surface area contributed by atoms with Crippen LogP contribution in [0.4, 0.5) is 4.39 Å². The van der Waals surface area contributed by atoms with Crippen LogP contribution in [0.25, 0.3) is 0 Å². The van der Waals surface area contributed by atoms with Gasteiger partial charge in [-0.05, 0) is 61.7 Å². The number of benzene rings is 2. The zero-order valence-corrected chi connectivity index (χ0v) is 14.1. The molecule has 0 aliphatic rings. The monoisotopic (exact) mass is 422 g/mol. The Labute approximate surface area is 137 Å². The van der Waals surface area contributed by atoms with E-state index in [1.807, 2.05) is 0 Å². The quantitative estimate of drug-likeness (QED) is 0.742. The van der Waals surface area contributed by atoms with E-state index in [9.17, 15) is 4.39 Å². The highest BCUT2D eigenvalue weighted by Gasteiger charge is 2.10. The fraction of sp³-hybridized carbons (Fsp3) is 0.143. The van der Waals surface area contributed by atoms with Gasteiger partial charge in [-0.1, -0.05) is 17.7 Å². The van der Waals surface area contributed by atoms with Gasteiger partial charge in [-0.2, -0.15) is 0 Å². The molecular formula is C14H10Br2ClFO2. The van der Waals surface area contributed by atoms with Gasteiger partial charge in [0.15, 0.2) is 0 Å². The van der Waals surface area contributed by atoms with Gasteiger partial charge in [0.25, 0.3) is 0 Å². The van der Waals surface area contributed by atoms with Crippen molar-refractivity contribution in [2.45, 2.75) is 13.2 Å². The van der Waals surface area contributed by atoms with Crippen molar-refractivity contribution in [3.63, 3.8) is 0 Å². The number of halogens is 4. The summed E-state index contributed by atoms with van der Waals surface area (Å²) in [6.45, 7) is 0.163. The van der Waals surface area contributed by atoms with Crippen molar-refractivity contribution < 1.29 is 14.2 Å². The van der Waals surface area contributed by atoms with Crippen molar-refractivity contribution >= 4 is 43.5 Å². The van der Waals surface area contributed by atoms with Crippen molar-refractivity contribution in [3.05, 3.63) is 61.2 Å². The van der Waals surface area contributed by atoms with Crippen molar-refractivity contribution in [3.8, 4) is 5.75 Å². The third-order valence-corrected chi connectivity index (χ3v) is 4.16. The lowest BCUT2D eigenvalue weighted by molar-refractivity contribution is 0.280. The molecule has 0 saturated heterocycles. The molecule has 2 aromatic carbocycles. The van der Waals surface area contributed by atoms with Gasteiger partial charge in [0, 0.05) is 5.56 Å². The number of aliphatic hydroxyl groups excluding tert-OH is 1. The average molecular weight is 424 g/mol. The lowest BCUT2D eigenvalue weighted by Gasteiger charge is -2.12. The Morgan fingerprint density at radius 2 is 1.80 bits per heavy atom. The molecule has 20 heavy (non-hydrogen) atoms. The van der Waals surface area contributed by atoms with Gasteiger partial charge in [0.2, 0.25) is 0 Å². The molecule has 0 fully saturated rings. The second-order valence-corrected chi connectivity index (χ2v) is 6.19. The van der Waals surface area contributed by atoms with Gasteiger partial charge in [0.1, 0.15) is 18.2 Å². The summed E-state index contributed by atoms with van der Waals surface area (Å²) in [5.41, 5.74) is 1.45. The summed E-state index contributed by atoms with van der Waals surface area (Å²) in [7, 11) is 0. The molecule has 0 radical (unpaired) electrons. The number of ether oxygens (including phenoxy) is 1. The summed E-state index contributed by atoms with van der Waals surface area (Å²) >= 11 is 12.7. The molecule has 0 heterocycles. The molecule has 6 heteroatoms. The summed E-state index contributed by atoms with van der Waals surface area (Å²) in [5, 5.41) is 9.44. The number of hydrogen-bond donors (Lipinski definition) is 1. The first kappa shape index (κ1) is 15.8. The molecule has 0 aromatic heterocycles. The second kappa shape index (κ2) is 6.89. The normalized spacial score (nSPS) is 10.7. The van der Waals surface area contributed by atoms with Gasteiger partial charge in [0.05, 0.1) is 20.6 Å². The zero-order valence-electron chi connectivity index (χ0n) is 10.2.